The Labute approximate surface area is 156 Å². The van der Waals surface area contributed by atoms with Gasteiger partial charge >= 0.3 is 0 Å². The Balaban J connectivity index is 2.00. The van der Waals surface area contributed by atoms with Crippen LogP contribution in [-0.2, 0) is 0 Å². The summed E-state index contributed by atoms with van der Waals surface area (Å²) in [5.74, 6) is 0.294. The number of ether oxygens (including phenoxy) is 1. The second-order valence-corrected chi connectivity index (χ2v) is 6.45. The number of nitrogens with one attached hydrogen (secondary N) is 2. The summed E-state index contributed by atoms with van der Waals surface area (Å²) in [5, 5.41) is 6.49. The molecule has 0 spiro atoms. The van der Waals surface area contributed by atoms with Gasteiger partial charge in [0.1, 0.15) is 5.75 Å². The first kappa shape index (κ1) is 18.5. The van der Waals surface area contributed by atoms with Gasteiger partial charge in [0.15, 0.2) is 5.11 Å². The molecular formula is C17H16Cl2N2O2S. The summed E-state index contributed by atoms with van der Waals surface area (Å²) in [6, 6.07) is 11.9. The minimum absolute atomic E-state index is 0.0284. The van der Waals surface area contributed by atoms with Crippen LogP contribution in [0.15, 0.2) is 42.5 Å². The molecule has 126 valence electrons. The van der Waals surface area contributed by atoms with E-state index in [1.54, 1.807) is 42.5 Å². The molecule has 0 bridgehead atoms. The van der Waals surface area contributed by atoms with Crippen LogP contribution >= 0.6 is 35.4 Å². The standard InChI is InChI=1S/C17H16Cl2N2O2S/c1-10(2)23-13-5-3-4-11(8-13)16(22)21-17(24)20-12-6-7-14(18)15(19)9-12/h3-10H,1-2H3,(H2,20,21,22,24). The Morgan fingerprint density at radius 2 is 1.88 bits per heavy atom. The van der Waals surface area contributed by atoms with Gasteiger partial charge < -0.3 is 10.1 Å². The topological polar surface area (TPSA) is 50.4 Å². The Bertz CT molecular complexity index is 766. The SMILES string of the molecule is CC(C)Oc1cccc(C(=O)NC(=S)Nc2ccc(Cl)c(Cl)c2)c1. The van der Waals surface area contributed by atoms with Gasteiger partial charge in [0.05, 0.1) is 16.1 Å². The number of amides is 1. The molecule has 24 heavy (non-hydrogen) atoms. The quantitative estimate of drug-likeness (QED) is 0.737. The van der Waals surface area contributed by atoms with Crippen LogP contribution < -0.4 is 15.4 Å². The van der Waals surface area contributed by atoms with Gasteiger partial charge in [-0.3, -0.25) is 10.1 Å². The average molecular weight is 383 g/mol. The molecule has 0 aliphatic heterocycles. The molecular weight excluding hydrogens is 367 g/mol. The van der Waals surface area contributed by atoms with Gasteiger partial charge in [-0.05, 0) is 62.5 Å². The lowest BCUT2D eigenvalue weighted by atomic mass is 10.2. The fourth-order valence-electron chi connectivity index (χ4n) is 1.89. The number of carbonyl (C=O) groups is 1. The lowest BCUT2D eigenvalue weighted by Gasteiger charge is -2.12. The van der Waals surface area contributed by atoms with Crippen LogP contribution in [0.3, 0.4) is 0 Å². The van der Waals surface area contributed by atoms with Crippen molar-refractivity contribution in [1.82, 2.24) is 5.32 Å². The Morgan fingerprint density at radius 1 is 1.12 bits per heavy atom. The minimum Gasteiger partial charge on any atom is -0.491 e. The lowest BCUT2D eigenvalue weighted by molar-refractivity contribution is 0.0977. The van der Waals surface area contributed by atoms with E-state index < -0.39 is 0 Å². The van der Waals surface area contributed by atoms with E-state index in [1.807, 2.05) is 13.8 Å². The van der Waals surface area contributed by atoms with E-state index >= 15 is 0 Å². The van der Waals surface area contributed by atoms with Crippen molar-refractivity contribution in [3.05, 3.63) is 58.1 Å². The van der Waals surface area contributed by atoms with Crippen LogP contribution in [0.25, 0.3) is 0 Å². The van der Waals surface area contributed by atoms with E-state index in [0.717, 1.165) is 0 Å². The van der Waals surface area contributed by atoms with Crippen molar-refractivity contribution in [2.24, 2.45) is 0 Å². The van der Waals surface area contributed by atoms with Crippen molar-refractivity contribution in [2.45, 2.75) is 20.0 Å². The van der Waals surface area contributed by atoms with E-state index in [2.05, 4.69) is 10.6 Å². The summed E-state index contributed by atoms with van der Waals surface area (Å²) in [7, 11) is 0. The lowest BCUT2D eigenvalue weighted by Crippen LogP contribution is -2.34. The predicted molar refractivity (Wildman–Crippen MR) is 102 cm³/mol. The molecule has 2 N–H and O–H groups in total. The smallest absolute Gasteiger partial charge is 0.257 e. The molecule has 2 aromatic rings. The highest BCUT2D eigenvalue weighted by atomic mass is 35.5. The van der Waals surface area contributed by atoms with E-state index in [0.29, 0.717) is 27.0 Å². The molecule has 1 amide bonds. The zero-order chi connectivity index (χ0) is 17.7. The fourth-order valence-corrected chi connectivity index (χ4v) is 2.40. The maximum absolute atomic E-state index is 12.3. The molecule has 0 radical (unpaired) electrons. The predicted octanol–water partition coefficient (Wildman–Crippen LogP) is 4.91. The number of hydrogen-bond acceptors (Lipinski definition) is 3. The van der Waals surface area contributed by atoms with Gasteiger partial charge in [0.2, 0.25) is 0 Å². The van der Waals surface area contributed by atoms with E-state index in [4.69, 9.17) is 40.2 Å². The molecule has 0 aliphatic carbocycles. The van der Waals surface area contributed by atoms with Gasteiger partial charge in [0.25, 0.3) is 5.91 Å². The summed E-state index contributed by atoms with van der Waals surface area (Å²) in [5.41, 5.74) is 1.08. The largest absolute Gasteiger partial charge is 0.491 e. The van der Waals surface area contributed by atoms with Crippen LogP contribution in [0.1, 0.15) is 24.2 Å². The summed E-state index contributed by atoms with van der Waals surface area (Å²) >= 11 is 16.9. The molecule has 0 heterocycles. The van der Waals surface area contributed by atoms with Crippen molar-refractivity contribution in [1.29, 1.82) is 0 Å². The number of rotatable bonds is 4. The molecule has 0 fully saturated rings. The Hall–Kier alpha value is -1.82. The number of hydrogen-bond donors (Lipinski definition) is 2. The third kappa shape index (κ3) is 5.37. The molecule has 0 aromatic heterocycles. The second-order valence-electron chi connectivity index (χ2n) is 5.23. The molecule has 2 rings (SSSR count). The maximum Gasteiger partial charge on any atom is 0.257 e. The first-order chi connectivity index (χ1) is 11.3. The highest BCUT2D eigenvalue weighted by Gasteiger charge is 2.10. The number of thiocarbonyl (C=S) groups is 1. The number of benzene rings is 2. The zero-order valence-electron chi connectivity index (χ0n) is 13.1. The highest BCUT2D eigenvalue weighted by molar-refractivity contribution is 7.80. The van der Waals surface area contributed by atoms with Crippen LogP contribution in [0.5, 0.6) is 5.75 Å². The third-order valence-electron chi connectivity index (χ3n) is 2.87. The Morgan fingerprint density at radius 3 is 2.54 bits per heavy atom. The summed E-state index contributed by atoms with van der Waals surface area (Å²) < 4.78 is 5.57. The molecule has 2 aromatic carbocycles. The fraction of sp³-hybridized carbons (Fsp3) is 0.176. The van der Waals surface area contributed by atoms with Crippen molar-refractivity contribution in [3.8, 4) is 5.75 Å². The molecule has 0 saturated heterocycles. The van der Waals surface area contributed by atoms with Crippen LogP contribution in [0.4, 0.5) is 5.69 Å². The van der Waals surface area contributed by atoms with E-state index in [1.165, 1.54) is 0 Å². The average Bonchev–Trinajstić information content (AvgIpc) is 2.50. The first-order valence-electron chi connectivity index (χ1n) is 7.19. The maximum atomic E-state index is 12.3. The highest BCUT2D eigenvalue weighted by Crippen LogP contribution is 2.25. The van der Waals surface area contributed by atoms with Crippen molar-refractivity contribution in [2.75, 3.05) is 5.32 Å². The van der Waals surface area contributed by atoms with Gasteiger partial charge in [0, 0.05) is 11.3 Å². The van der Waals surface area contributed by atoms with Gasteiger partial charge in [-0.25, -0.2) is 0 Å². The summed E-state index contributed by atoms with van der Waals surface area (Å²) in [4.78, 5) is 12.3. The van der Waals surface area contributed by atoms with Crippen LogP contribution in [0, 0.1) is 0 Å². The molecule has 4 nitrogen and oxygen atoms in total. The van der Waals surface area contributed by atoms with Crippen molar-refractivity contribution in [3.63, 3.8) is 0 Å². The van der Waals surface area contributed by atoms with Crippen LogP contribution in [0.2, 0.25) is 10.0 Å². The molecule has 0 unspecified atom stereocenters. The monoisotopic (exact) mass is 382 g/mol. The minimum atomic E-state index is -0.332. The molecule has 0 atom stereocenters. The molecule has 0 aliphatic rings. The zero-order valence-corrected chi connectivity index (χ0v) is 15.4. The van der Waals surface area contributed by atoms with Gasteiger partial charge in [-0.15, -0.1) is 0 Å². The number of halogens is 2. The first-order valence-corrected chi connectivity index (χ1v) is 8.35. The third-order valence-corrected chi connectivity index (χ3v) is 3.82. The molecule has 0 saturated carbocycles. The van der Waals surface area contributed by atoms with E-state index in [9.17, 15) is 4.79 Å². The van der Waals surface area contributed by atoms with Crippen molar-refractivity contribution < 1.29 is 9.53 Å². The number of carbonyl (C=O) groups excluding carboxylic acids is 1. The Kier molecular flexibility index (Phi) is 6.43. The second kappa shape index (κ2) is 8.33. The van der Waals surface area contributed by atoms with Gasteiger partial charge in [-0.2, -0.15) is 0 Å². The normalized spacial score (nSPS) is 10.4. The summed E-state index contributed by atoms with van der Waals surface area (Å²) in [6.07, 6.45) is 0.0284. The van der Waals surface area contributed by atoms with Gasteiger partial charge in [-0.1, -0.05) is 29.3 Å². The summed E-state index contributed by atoms with van der Waals surface area (Å²) in [6.45, 7) is 3.84. The number of anilines is 1. The van der Waals surface area contributed by atoms with E-state index in [-0.39, 0.29) is 17.1 Å². The van der Waals surface area contributed by atoms with Crippen LogP contribution in [-0.4, -0.2) is 17.1 Å². The van der Waals surface area contributed by atoms with Crippen molar-refractivity contribution >= 4 is 52.1 Å². The molecule has 7 heteroatoms.